The lowest BCUT2D eigenvalue weighted by molar-refractivity contribution is 0.151. The zero-order valence-electron chi connectivity index (χ0n) is 9.13. The first-order chi connectivity index (χ1) is 7.66. The fraction of sp³-hybridized carbons (Fsp3) is 0.538. The van der Waals surface area contributed by atoms with Gasteiger partial charge in [-0.25, -0.2) is 4.39 Å². The Morgan fingerprint density at radius 1 is 1.25 bits per heavy atom. The van der Waals surface area contributed by atoms with Crippen LogP contribution >= 0.6 is 11.6 Å². The normalized spacial score (nSPS) is 26.4. The van der Waals surface area contributed by atoms with Gasteiger partial charge in [0.05, 0.1) is 6.10 Å². The molecule has 1 aromatic rings. The van der Waals surface area contributed by atoms with E-state index < -0.39 is 0 Å². The molecule has 88 valence electrons. The molecule has 0 bridgehead atoms. The van der Waals surface area contributed by atoms with Crippen LogP contribution in [-0.4, -0.2) is 11.2 Å². The van der Waals surface area contributed by atoms with Gasteiger partial charge in [-0.1, -0.05) is 30.5 Å². The second-order valence-corrected chi connectivity index (χ2v) is 4.97. The zero-order chi connectivity index (χ0) is 11.5. The van der Waals surface area contributed by atoms with E-state index in [0.29, 0.717) is 17.0 Å². The van der Waals surface area contributed by atoms with E-state index in [4.69, 9.17) is 11.6 Å². The molecule has 0 aromatic heterocycles. The van der Waals surface area contributed by atoms with Gasteiger partial charge in [-0.3, -0.25) is 0 Å². The molecule has 0 amide bonds. The zero-order valence-corrected chi connectivity index (χ0v) is 9.88. The molecule has 1 N–H and O–H groups in total. The molecule has 0 spiro atoms. The number of rotatable bonds is 1. The minimum absolute atomic E-state index is 0.134. The van der Waals surface area contributed by atoms with Crippen LogP contribution in [0.15, 0.2) is 18.2 Å². The summed E-state index contributed by atoms with van der Waals surface area (Å²) in [5.74, 6) is -0.110. The van der Waals surface area contributed by atoms with Crippen molar-refractivity contribution in [3.63, 3.8) is 0 Å². The van der Waals surface area contributed by atoms with Gasteiger partial charge in [0.2, 0.25) is 0 Å². The Kier molecular flexibility index (Phi) is 3.82. The van der Waals surface area contributed by atoms with E-state index in [1.165, 1.54) is 6.07 Å². The lowest BCUT2D eigenvalue weighted by atomic mass is 9.91. The van der Waals surface area contributed by atoms with Gasteiger partial charge in [0.1, 0.15) is 5.82 Å². The molecule has 1 saturated carbocycles. The molecule has 0 heterocycles. The molecule has 0 aliphatic heterocycles. The molecule has 0 saturated heterocycles. The Labute approximate surface area is 100 Å². The first-order valence-electron chi connectivity index (χ1n) is 5.80. The maximum absolute atomic E-state index is 13.7. The molecule has 0 radical (unpaired) electrons. The lowest BCUT2D eigenvalue weighted by Gasteiger charge is -2.17. The van der Waals surface area contributed by atoms with Crippen molar-refractivity contribution in [2.75, 3.05) is 0 Å². The Morgan fingerprint density at radius 3 is 2.75 bits per heavy atom. The van der Waals surface area contributed by atoms with Crippen LogP contribution in [0.1, 0.15) is 43.6 Å². The topological polar surface area (TPSA) is 20.2 Å². The number of aliphatic hydroxyl groups is 1. The van der Waals surface area contributed by atoms with Crippen LogP contribution in [0.4, 0.5) is 4.39 Å². The third-order valence-electron chi connectivity index (χ3n) is 3.30. The van der Waals surface area contributed by atoms with E-state index >= 15 is 0 Å². The summed E-state index contributed by atoms with van der Waals surface area (Å²) in [6, 6.07) is 4.83. The van der Waals surface area contributed by atoms with Crippen molar-refractivity contribution >= 4 is 11.6 Å². The van der Waals surface area contributed by atoms with Gasteiger partial charge < -0.3 is 5.11 Å². The minimum Gasteiger partial charge on any atom is -0.393 e. The van der Waals surface area contributed by atoms with Crippen LogP contribution in [0, 0.1) is 5.82 Å². The SMILES string of the molecule is OC1CCCCC(c2ccc(Cl)cc2F)C1. The number of halogens is 2. The highest BCUT2D eigenvalue weighted by Crippen LogP contribution is 2.33. The molecule has 2 unspecified atom stereocenters. The van der Waals surface area contributed by atoms with Gasteiger partial charge in [0, 0.05) is 5.02 Å². The average Bonchev–Trinajstić information content (AvgIpc) is 2.43. The molecule has 3 heteroatoms. The molecule has 2 rings (SSSR count). The standard InChI is InChI=1S/C13H16ClFO/c14-10-5-6-12(13(15)8-10)9-3-1-2-4-11(16)7-9/h5-6,8-9,11,16H,1-4,7H2. The van der Waals surface area contributed by atoms with Crippen molar-refractivity contribution in [3.8, 4) is 0 Å². The molecule has 1 fully saturated rings. The Hall–Kier alpha value is -0.600. The van der Waals surface area contributed by atoms with Crippen LogP contribution in [0.2, 0.25) is 5.02 Å². The Morgan fingerprint density at radius 2 is 2.00 bits per heavy atom. The first kappa shape index (κ1) is 11.9. The fourth-order valence-corrected chi connectivity index (χ4v) is 2.61. The molecule has 2 atom stereocenters. The van der Waals surface area contributed by atoms with Gasteiger partial charge in [-0.2, -0.15) is 0 Å². The highest BCUT2D eigenvalue weighted by atomic mass is 35.5. The van der Waals surface area contributed by atoms with Crippen molar-refractivity contribution in [3.05, 3.63) is 34.6 Å². The monoisotopic (exact) mass is 242 g/mol. The summed E-state index contributed by atoms with van der Waals surface area (Å²) < 4.78 is 13.7. The highest BCUT2D eigenvalue weighted by Gasteiger charge is 2.22. The quantitative estimate of drug-likeness (QED) is 0.741. The van der Waals surface area contributed by atoms with Crippen molar-refractivity contribution in [2.24, 2.45) is 0 Å². The van der Waals surface area contributed by atoms with Crippen molar-refractivity contribution in [1.29, 1.82) is 0 Å². The van der Waals surface area contributed by atoms with Crippen LogP contribution in [0.5, 0.6) is 0 Å². The van der Waals surface area contributed by atoms with Gasteiger partial charge in [0.25, 0.3) is 0 Å². The number of hydrogen-bond acceptors (Lipinski definition) is 1. The van der Waals surface area contributed by atoms with Crippen LogP contribution in [0.25, 0.3) is 0 Å². The van der Waals surface area contributed by atoms with E-state index in [1.807, 2.05) is 0 Å². The largest absolute Gasteiger partial charge is 0.393 e. The predicted molar refractivity (Wildman–Crippen MR) is 63.2 cm³/mol. The Bertz CT molecular complexity index is 367. The fourth-order valence-electron chi connectivity index (χ4n) is 2.45. The van der Waals surface area contributed by atoms with E-state index in [2.05, 4.69) is 0 Å². The number of hydrogen-bond donors (Lipinski definition) is 1. The van der Waals surface area contributed by atoms with Crippen LogP contribution in [-0.2, 0) is 0 Å². The summed E-state index contributed by atoms with van der Waals surface area (Å²) in [7, 11) is 0. The smallest absolute Gasteiger partial charge is 0.128 e. The van der Waals surface area contributed by atoms with Crippen molar-refractivity contribution in [1.82, 2.24) is 0 Å². The third kappa shape index (κ3) is 2.74. The molecule has 16 heavy (non-hydrogen) atoms. The molecular weight excluding hydrogens is 227 g/mol. The first-order valence-corrected chi connectivity index (χ1v) is 6.17. The summed E-state index contributed by atoms with van der Waals surface area (Å²) in [5.41, 5.74) is 0.699. The van der Waals surface area contributed by atoms with Gasteiger partial charge >= 0.3 is 0 Å². The summed E-state index contributed by atoms with van der Waals surface area (Å²) in [6.45, 7) is 0. The summed E-state index contributed by atoms with van der Waals surface area (Å²) >= 11 is 5.73. The second kappa shape index (κ2) is 5.15. The van der Waals surface area contributed by atoms with Gasteiger partial charge in [-0.05, 0) is 42.9 Å². The van der Waals surface area contributed by atoms with Crippen molar-refractivity contribution in [2.45, 2.75) is 44.1 Å². The number of aliphatic hydroxyl groups excluding tert-OH is 1. The van der Waals surface area contributed by atoms with E-state index in [9.17, 15) is 9.50 Å². The van der Waals surface area contributed by atoms with E-state index in [1.54, 1.807) is 12.1 Å². The summed E-state index contributed by atoms with van der Waals surface area (Å²) in [5, 5.41) is 10.1. The highest BCUT2D eigenvalue weighted by molar-refractivity contribution is 6.30. The lowest BCUT2D eigenvalue weighted by Crippen LogP contribution is -2.10. The molecule has 1 aliphatic rings. The van der Waals surface area contributed by atoms with Crippen molar-refractivity contribution < 1.29 is 9.50 Å². The van der Waals surface area contributed by atoms with Gasteiger partial charge in [0.15, 0.2) is 0 Å². The van der Waals surface area contributed by atoms with Crippen LogP contribution in [0.3, 0.4) is 0 Å². The third-order valence-corrected chi connectivity index (χ3v) is 3.53. The summed E-state index contributed by atoms with van der Waals surface area (Å²) in [4.78, 5) is 0. The minimum atomic E-state index is -0.289. The van der Waals surface area contributed by atoms with E-state index in [0.717, 1.165) is 25.7 Å². The average molecular weight is 243 g/mol. The number of benzene rings is 1. The second-order valence-electron chi connectivity index (χ2n) is 4.54. The molecule has 1 nitrogen and oxygen atoms in total. The van der Waals surface area contributed by atoms with Gasteiger partial charge in [-0.15, -0.1) is 0 Å². The molecule has 1 aromatic carbocycles. The predicted octanol–water partition coefficient (Wildman–Crippen LogP) is 3.89. The molecular formula is C13H16ClFO. The summed E-state index contributed by atoms with van der Waals surface area (Å²) in [6.07, 6.45) is 4.26. The maximum atomic E-state index is 13.7. The maximum Gasteiger partial charge on any atom is 0.128 e. The van der Waals surface area contributed by atoms with Crippen LogP contribution < -0.4 is 0 Å². The molecule has 1 aliphatic carbocycles. The Balaban J connectivity index is 2.21. The van der Waals surface area contributed by atoms with E-state index in [-0.39, 0.29) is 17.8 Å².